The fraction of sp³-hybridized carbons (Fsp3) is 0.571. The summed E-state index contributed by atoms with van der Waals surface area (Å²) in [6.07, 6.45) is 2.99. The Hall–Kier alpha value is -1.38. The molecule has 3 atom stereocenters. The maximum Gasteiger partial charge on any atom is 0.332 e. The van der Waals surface area contributed by atoms with Crippen LogP contribution in [0, 0.1) is 17.8 Å². The van der Waals surface area contributed by atoms with Crippen molar-refractivity contribution in [3.8, 4) is 0 Å². The molecule has 0 heterocycles. The lowest BCUT2D eigenvalue weighted by Gasteiger charge is -2.41. The molecule has 0 aromatic rings. The molecule has 0 aliphatic heterocycles. The summed E-state index contributed by atoms with van der Waals surface area (Å²) in [5.41, 5.74) is 0.943. The third kappa shape index (κ3) is 2.19. The van der Waals surface area contributed by atoms with E-state index in [0.29, 0.717) is 12.0 Å². The quantitative estimate of drug-likeness (QED) is 0.590. The normalized spacial score (nSPS) is 29.4. The molecule has 0 aromatic carbocycles. The van der Waals surface area contributed by atoms with E-state index < -0.39 is 11.9 Å². The monoisotopic (exact) mass is 236 g/mol. The van der Waals surface area contributed by atoms with Gasteiger partial charge in [0.2, 0.25) is 0 Å². The van der Waals surface area contributed by atoms with Gasteiger partial charge < -0.3 is 5.11 Å². The predicted molar refractivity (Wildman–Crippen MR) is 66.6 cm³/mol. The van der Waals surface area contributed by atoms with Crippen molar-refractivity contribution < 1.29 is 14.7 Å². The number of Topliss-reactive ketones (excluding diaryl/α,β-unsaturated/α-hetero) is 1. The molecule has 1 N–H and O–H groups in total. The zero-order valence-corrected chi connectivity index (χ0v) is 10.7. The number of carbonyl (C=O) groups is 2. The molecule has 17 heavy (non-hydrogen) atoms. The lowest BCUT2D eigenvalue weighted by molar-refractivity contribution is -0.144. The van der Waals surface area contributed by atoms with Crippen molar-refractivity contribution in [3.05, 3.63) is 23.8 Å². The van der Waals surface area contributed by atoms with E-state index >= 15 is 0 Å². The van der Waals surface area contributed by atoms with Crippen LogP contribution in [-0.4, -0.2) is 16.9 Å². The number of carboxylic acids is 1. The van der Waals surface area contributed by atoms with Gasteiger partial charge in [-0.15, -0.1) is 0 Å². The minimum absolute atomic E-state index is 0.0118. The fourth-order valence-electron chi connectivity index (χ4n) is 2.74. The highest BCUT2D eigenvalue weighted by atomic mass is 16.4. The van der Waals surface area contributed by atoms with Gasteiger partial charge in [0.25, 0.3) is 0 Å². The summed E-state index contributed by atoms with van der Waals surface area (Å²) in [5, 5.41) is 9.30. The van der Waals surface area contributed by atoms with Crippen LogP contribution in [0.2, 0.25) is 0 Å². The van der Waals surface area contributed by atoms with Crippen LogP contribution < -0.4 is 0 Å². The predicted octanol–water partition coefficient (Wildman–Crippen LogP) is 2.82. The summed E-state index contributed by atoms with van der Waals surface area (Å²) in [5.74, 6) is -1.20. The highest BCUT2D eigenvalue weighted by Crippen LogP contribution is 2.44. The Bertz CT molecular complexity index is 379. The second-order valence-electron chi connectivity index (χ2n) is 4.54. The largest absolute Gasteiger partial charge is 0.478 e. The second-order valence-corrected chi connectivity index (χ2v) is 4.54. The Morgan fingerprint density at radius 1 is 1.47 bits per heavy atom. The van der Waals surface area contributed by atoms with Gasteiger partial charge >= 0.3 is 5.97 Å². The van der Waals surface area contributed by atoms with E-state index in [1.54, 1.807) is 6.08 Å². The number of hydrogen-bond acceptors (Lipinski definition) is 2. The van der Waals surface area contributed by atoms with Crippen molar-refractivity contribution in [2.24, 2.45) is 17.8 Å². The number of rotatable bonds is 5. The van der Waals surface area contributed by atoms with E-state index in [0.717, 1.165) is 6.42 Å². The van der Waals surface area contributed by atoms with Crippen LogP contribution in [0.3, 0.4) is 0 Å². The van der Waals surface area contributed by atoms with Gasteiger partial charge in [0.05, 0.1) is 11.5 Å². The first kappa shape index (κ1) is 13.7. The van der Waals surface area contributed by atoms with Gasteiger partial charge in [-0.1, -0.05) is 39.8 Å². The van der Waals surface area contributed by atoms with Gasteiger partial charge in [0.15, 0.2) is 0 Å². The first-order valence-electron chi connectivity index (χ1n) is 6.11. The van der Waals surface area contributed by atoms with Crippen molar-refractivity contribution in [1.82, 2.24) is 0 Å². The molecule has 0 aromatic heterocycles. The summed E-state index contributed by atoms with van der Waals surface area (Å²) in [6, 6.07) is 0. The Kier molecular flexibility index (Phi) is 4.27. The Labute approximate surface area is 102 Å². The minimum Gasteiger partial charge on any atom is -0.478 e. The summed E-state index contributed by atoms with van der Waals surface area (Å²) in [6.45, 7) is 9.40. The van der Waals surface area contributed by atoms with Crippen LogP contribution in [0.15, 0.2) is 23.8 Å². The molecule has 0 saturated heterocycles. The molecule has 0 radical (unpaired) electrons. The van der Waals surface area contributed by atoms with Gasteiger partial charge in [0.1, 0.15) is 5.78 Å². The Balaban J connectivity index is 3.18. The Morgan fingerprint density at radius 2 is 2.06 bits per heavy atom. The number of carbonyl (C=O) groups excluding carboxylic acids is 1. The van der Waals surface area contributed by atoms with E-state index in [4.69, 9.17) is 0 Å². The van der Waals surface area contributed by atoms with Crippen LogP contribution in [0.25, 0.3) is 0 Å². The molecule has 3 heteroatoms. The van der Waals surface area contributed by atoms with Gasteiger partial charge in [-0.05, 0) is 17.9 Å². The standard InChI is InChI=1S/C14H20O3/c1-5-9(6-2)11(14(16)17)12-10(7-3)8(4)13(12)15/h5,8,10,12H,1,6-7H2,2-4H3,(H,16,17)/b11-9+/t8-,10?,12?/m0/s1. The molecule has 0 amide bonds. The smallest absolute Gasteiger partial charge is 0.332 e. The van der Waals surface area contributed by atoms with E-state index in [-0.39, 0.29) is 23.2 Å². The van der Waals surface area contributed by atoms with E-state index in [9.17, 15) is 14.7 Å². The summed E-state index contributed by atoms with van der Waals surface area (Å²) < 4.78 is 0. The Morgan fingerprint density at radius 3 is 2.41 bits per heavy atom. The van der Waals surface area contributed by atoms with E-state index in [1.165, 1.54) is 0 Å². The van der Waals surface area contributed by atoms with Crippen LogP contribution in [-0.2, 0) is 9.59 Å². The number of allylic oxidation sites excluding steroid dienone is 2. The average molecular weight is 236 g/mol. The number of hydrogen-bond donors (Lipinski definition) is 1. The number of aliphatic carboxylic acids is 1. The molecule has 3 nitrogen and oxygen atoms in total. The van der Waals surface area contributed by atoms with Crippen molar-refractivity contribution >= 4 is 11.8 Å². The lowest BCUT2D eigenvalue weighted by Crippen LogP contribution is -2.48. The fourth-order valence-corrected chi connectivity index (χ4v) is 2.74. The molecule has 1 aliphatic rings. The lowest BCUT2D eigenvalue weighted by atomic mass is 9.59. The van der Waals surface area contributed by atoms with Gasteiger partial charge in [-0.3, -0.25) is 4.79 Å². The molecule has 94 valence electrons. The number of ketones is 1. The van der Waals surface area contributed by atoms with Crippen molar-refractivity contribution in [2.75, 3.05) is 0 Å². The third-order valence-corrected chi connectivity index (χ3v) is 3.81. The number of carboxylic acid groups (broad SMARTS) is 1. The van der Waals surface area contributed by atoms with Gasteiger partial charge in [0, 0.05) is 5.92 Å². The topological polar surface area (TPSA) is 54.4 Å². The van der Waals surface area contributed by atoms with Crippen LogP contribution in [0.1, 0.15) is 33.6 Å². The molecule has 1 aliphatic carbocycles. The summed E-state index contributed by atoms with van der Waals surface area (Å²) in [7, 11) is 0. The van der Waals surface area contributed by atoms with Crippen molar-refractivity contribution in [1.29, 1.82) is 0 Å². The minimum atomic E-state index is -0.981. The highest BCUT2D eigenvalue weighted by Gasteiger charge is 2.49. The maximum atomic E-state index is 11.9. The first-order chi connectivity index (χ1) is 7.99. The summed E-state index contributed by atoms with van der Waals surface area (Å²) >= 11 is 0. The SMILES string of the molecule is C=C/C(CC)=C(\C(=O)O)C1C(=O)[C@@H](C)C1CC. The molecule has 1 fully saturated rings. The zero-order valence-electron chi connectivity index (χ0n) is 10.7. The average Bonchev–Trinajstić information content (AvgIpc) is 2.32. The van der Waals surface area contributed by atoms with Crippen LogP contribution >= 0.6 is 0 Å². The van der Waals surface area contributed by atoms with Gasteiger partial charge in [-0.2, -0.15) is 0 Å². The molecule has 1 saturated carbocycles. The van der Waals surface area contributed by atoms with Crippen molar-refractivity contribution in [3.63, 3.8) is 0 Å². The van der Waals surface area contributed by atoms with Gasteiger partial charge in [-0.25, -0.2) is 4.79 Å². The van der Waals surface area contributed by atoms with Crippen molar-refractivity contribution in [2.45, 2.75) is 33.6 Å². The zero-order chi connectivity index (χ0) is 13.2. The highest BCUT2D eigenvalue weighted by molar-refractivity contribution is 6.02. The molecule has 0 bridgehead atoms. The maximum absolute atomic E-state index is 11.9. The summed E-state index contributed by atoms with van der Waals surface area (Å²) in [4.78, 5) is 23.2. The molecule has 2 unspecified atom stereocenters. The first-order valence-corrected chi connectivity index (χ1v) is 6.11. The van der Waals surface area contributed by atoms with Crippen LogP contribution in [0.4, 0.5) is 0 Å². The van der Waals surface area contributed by atoms with E-state index in [1.807, 2.05) is 20.8 Å². The molecule has 1 rings (SSSR count). The van der Waals surface area contributed by atoms with E-state index in [2.05, 4.69) is 6.58 Å². The molecular formula is C14H20O3. The molecule has 0 spiro atoms. The second kappa shape index (κ2) is 5.30. The molecular weight excluding hydrogens is 216 g/mol. The van der Waals surface area contributed by atoms with Crippen LogP contribution in [0.5, 0.6) is 0 Å². The third-order valence-electron chi connectivity index (χ3n) is 3.81.